The van der Waals surface area contributed by atoms with Gasteiger partial charge in [0.05, 0.1) is 0 Å². The molecule has 4 unspecified atom stereocenters. The lowest BCUT2D eigenvalue weighted by Gasteiger charge is -2.28. The van der Waals surface area contributed by atoms with Crippen molar-refractivity contribution < 1.29 is 0 Å². The maximum Gasteiger partial charge on any atom is 0.0355 e. The van der Waals surface area contributed by atoms with Crippen LogP contribution >= 0.6 is 0 Å². The summed E-state index contributed by atoms with van der Waals surface area (Å²) < 4.78 is 0. The van der Waals surface area contributed by atoms with Gasteiger partial charge in [-0.1, -0.05) is 44.2 Å². The van der Waals surface area contributed by atoms with Crippen molar-refractivity contribution in [3.63, 3.8) is 0 Å². The van der Waals surface area contributed by atoms with E-state index in [-0.39, 0.29) is 0 Å². The van der Waals surface area contributed by atoms with Crippen LogP contribution in [-0.4, -0.2) is 32.1 Å². The summed E-state index contributed by atoms with van der Waals surface area (Å²) in [5.41, 5.74) is 1.39. The molecule has 2 rings (SSSR count). The molecule has 0 aromatic heterocycles. The van der Waals surface area contributed by atoms with Crippen molar-refractivity contribution in [2.45, 2.75) is 26.3 Å². The maximum atomic E-state index is 3.47. The van der Waals surface area contributed by atoms with Crippen molar-refractivity contribution in [3.8, 4) is 0 Å². The van der Waals surface area contributed by atoms with Crippen LogP contribution in [0.3, 0.4) is 0 Å². The lowest BCUT2D eigenvalue weighted by Crippen LogP contribution is -2.33. The summed E-state index contributed by atoms with van der Waals surface area (Å²) in [4.78, 5) is 2.51. The Balaban J connectivity index is 1.87. The van der Waals surface area contributed by atoms with Gasteiger partial charge in [0, 0.05) is 19.1 Å². The van der Waals surface area contributed by atoms with E-state index in [0.29, 0.717) is 12.0 Å². The van der Waals surface area contributed by atoms with E-state index in [0.717, 1.165) is 18.4 Å². The third-order valence-electron chi connectivity index (χ3n) is 4.46. The molecule has 0 aliphatic heterocycles. The second kappa shape index (κ2) is 6.53. The number of nitrogens with zero attached hydrogens (tertiary/aromatic N) is 1. The Hall–Kier alpha value is -0.860. The fraction of sp³-hybridized carbons (Fsp3) is 0.647. The maximum absolute atomic E-state index is 3.47. The van der Waals surface area contributed by atoms with Gasteiger partial charge in [-0.25, -0.2) is 0 Å². The molecule has 0 heterocycles. The van der Waals surface area contributed by atoms with Crippen LogP contribution in [-0.2, 0) is 0 Å². The molecule has 1 N–H and O–H groups in total. The van der Waals surface area contributed by atoms with Gasteiger partial charge in [-0.05, 0) is 43.8 Å². The fourth-order valence-electron chi connectivity index (χ4n) is 3.17. The molecule has 1 fully saturated rings. The van der Waals surface area contributed by atoms with Gasteiger partial charge in [0.2, 0.25) is 0 Å². The van der Waals surface area contributed by atoms with Gasteiger partial charge in [0.1, 0.15) is 0 Å². The SMILES string of the molecule is CNC(c1ccccc1)C(C)CN(C)CC1CC1C. The highest BCUT2D eigenvalue weighted by Gasteiger charge is 2.33. The standard InChI is InChI=1S/C17H28N2/c1-13-10-16(13)12-19(4)11-14(2)17(18-3)15-8-6-5-7-9-15/h5-9,13-14,16-18H,10-12H2,1-4H3. The van der Waals surface area contributed by atoms with Crippen molar-refractivity contribution in [1.29, 1.82) is 0 Å². The Kier molecular flexibility index (Phi) is 5.00. The average Bonchev–Trinajstić information content (AvgIpc) is 3.06. The molecule has 2 heteroatoms. The van der Waals surface area contributed by atoms with Crippen molar-refractivity contribution in [2.24, 2.45) is 17.8 Å². The third kappa shape index (κ3) is 4.05. The first kappa shape index (κ1) is 14.5. The normalized spacial score (nSPS) is 25.3. The third-order valence-corrected chi connectivity index (χ3v) is 4.46. The molecule has 0 spiro atoms. The van der Waals surface area contributed by atoms with E-state index in [4.69, 9.17) is 0 Å². The first-order valence-corrected chi connectivity index (χ1v) is 7.52. The molecule has 1 aliphatic rings. The van der Waals surface area contributed by atoms with E-state index in [2.05, 4.69) is 68.5 Å². The van der Waals surface area contributed by atoms with Crippen molar-refractivity contribution in [2.75, 3.05) is 27.2 Å². The number of rotatable bonds is 7. The molecule has 1 aliphatic carbocycles. The smallest absolute Gasteiger partial charge is 0.0355 e. The predicted octanol–water partition coefficient (Wildman–Crippen LogP) is 3.17. The molecule has 0 amide bonds. The van der Waals surface area contributed by atoms with Crippen LogP contribution in [0.25, 0.3) is 0 Å². The quantitative estimate of drug-likeness (QED) is 0.810. The molecule has 0 saturated heterocycles. The van der Waals surface area contributed by atoms with Gasteiger partial charge in [-0.15, -0.1) is 0 Å². The second-order valence-electron chi connectivity index (χ2n) is 6.35. The zero-order valence-electron chi connectivity index (χ0n) is 12.8. The van der Waals surface area contributed by atoms with E-state index in [1.807, 2.05) is 0 Å². The van der Waals surface area contributed by atoms with Crippen LogP contribution in [0.2, 0.25) is 0 Å². The Morgan fingerprint density at radius 1 is 1.32 bits per heavy atom. The monoisotopic (exact) mass is 260 g/mol. The summed E-state index contributed by atoms with van der Waals surface area (Å²) in [6, 6.07) is 11.2. The topological polar surface area (TPSA) is 15.3 Å². The molecular weight excluding hydrogens is 232 g/mol. The van der Waals surface area contributed by atoms with Gasteiger partial charge < -0.3 is 10.2 Å². The zero-order chi connectivity index (χ0) is 13.8. The summed E-state index contributed by atoms with van der Waals surface area (Å²) in [6.07, 6.45) is 1.42. The molecule has 0 radical (unpaired) electrons. The molecule has 1 aromatic carbocycles. The minimum absolute atomic E-state index is 0.445. The number of hydrogen-bond donors (Lipinski definition) is 1. The highest BCUT2D eigenvalue weighted by atomic mass is 15.1. The van der Waals surface area contributed by atoms with Crippen LogP contribution in [0.15, 0.2) is 30.3 Å². The van der Waals surface area contributed by atoms with E-state index in [9.17, 15) is 0 Å². The zero-order valence-corrected chi connectivity index (χ0v) is 12.8. The minimum Gasteiger partial charge on any atom is -0.313 e. The molecule has 1 saturated carbocycles. The van der Waals surface area contributed by atoms with Gasteiger partial charge >= 0.3 is 0 Å². The summed E-state index contributed by atoms with van der Waals surface area (Å²) in [5.74, 6) is 2.51. The Morgan fingerprint density at radius 2 is 1.95 bits per heavy atom. The van der Waals surface area contributed by atoms with Gasteiger partial charge in [-0.3, -0.25) is 0 Å². The van der Waals surface area contributed by atoms with Crippen molar-refractivity contribution in [3.05, 3.63) is 35.9 Å². The second-order valence-corrected chi connectivity index (χ2v) is 6.35. The lowest BCUT2D eigenvalue weighted by molar-refractivity contribution is 0.241. The first-order chi connectivity index (χ1) is 9.11. The van der Waals surface area contributed by atoms with Gasteiger partial charge in [-0.2, -0.15) is 0 Å². The van der Waals surface area contributed by atoms with Crippen LogP contribution in [0, 0.1) is 17.8 Å². The summed E-state index contributed by atoms with van der Waals surface area (Å²) in [6.45, 7) is 7.13. The van der Waals surface area contributed by atoms with Crippen LogP contribution in [0.1, 0.15) is 31.9 Å². The average molecular weight is 260 g/mol. The largest absolute Gasteiger partial charge is 0.313 e. The molecule has 4 atom stereocenters. The van der Waals surface area contributed by atoms with E-state index >= 15 is 0 Å². The Bertz CT molecular complexity index is 376. The van der Waals surface area contributed by atoms with E-state index < -0.39 is 0 Å². The van der Waals surface area contributed by atoms with E-state index in [1.165, 1.54) is 18.5 Å². The minimum atomic E-state index is 0.445. The fourth-order valence-corrected chi connectivity index (χ4v) is 3.17. The molecule has 2 nitrogen and oxygen atoms in total. The summed E-state index contributed by atoms with van der Waals surface area (Å²) in [5, 5.41) is 3.47. The number of hydrogen-bond acceptors (Lipinski definition) is 2. The lowest BCUT2D eigenvalue weighted by atomic mass is 9.94. The van der Waals surface area contributed by atoms with Crippen LogP contribution < -0.4 is 5.32 Å². The van der Waals surface area contributed by atoms with Crippen LogP contribution in [0.4, 0.5) is 0 Å². The first-order valence-electron chi connectivity index (χ1n) is 7.52. The molecule has 1 aromatic rings. The molecule has 0 bridgehead atoms. The van der Waals surface area contributed by atoms with Gasteiger partial charge in [0.15, 0.2) is 0 Å². The molecule has 106 valence electrons. The van der Waals surface area contributed by atoms with Crippen LogP contribution in [0.5, 0.6) is 0 Å². The Morgan fingerprint density at radius 3 is 2.47 bits per heavy atom. The summed E-state index contributed by atoms with van der Waals surface area (Å²) in [7, 11) is 4.33. The van der Waals surface area contributed by atoms with Gasteiger partial charge in [0.25, 0.3) is 0 Å². The van der Waals surface area contributed by atoms with E-state index in [1.54, 1.807) is 0 Å². The predicted molar refractivity (Wildman–Crippen MR) is 82.2 cm³/mol. The number of benzene rings is 1. The molecule has 19 heavy (non-hydrogen) atoms. The highest BCUT2D eigenvalue weighted by Crippen LogP contribution is 2.38. The Labute approximate surface area is 118 Å². The van der Waals surface area contributed by atoms with Crippen molar-refractivity contribution >= 4 is 0 Å². The summed E-state index contributed by atoms with van der Waals surface area (Å²) >= 11 is 0. The highest BCUT2D eigenvalue weighted by molar-refractivity contribution is 5.19. The molecular formula is C17H28N2. The van der Waals surface area contributed by atoms with Crippen molar-refractivity contribution in [1.82, 2.24) is 10.2 Å². The number of nitrogens with one attached hydrogen (secondary N) is 1.